The first-order valence-corrected chi connectivity index (χ1v) is 11.8. The van der Waals surface area contributed by atoms with Gasteiger partial charge in [0.15, 0.2) is 0 Å². The van der Waals surface area contributed by atoms with Gasteiger partial charge in [0.1, 0.15) is 6.54 Å². The van der Waals surface area contributed by atoms with Gasteiger partial charge in [0.2, 0.25) is 0 Å². The summed E-state index contributed by atoms with van der Waals surface area (Å²) >= 11 is 0. The van der Waals surface area contributed by atoms with Crippen molar-refractivity contribution < 1.29 is 13.2 Å². The van der Waals surface area contributed by atoms with E-state index in [1.807, 2.05) is 56.3 Å². The van der Waals surface area contributed by atoms with Crippen molar-refractivity contribution in [2.24, 2.45) is 5.10 Å². The zero-order chi connectivity index (χ0) is 23.0. The fourth-order valence-electron chi connectivity index (χ4n) is 3.21. The molecule has 0 saturated heterocycles. The second-order valence-corrected chi connectivity index (χ2v) is 9.34. The Morgan fingerprint density at radius 3 is 2.16 bits per heavy atom. The third-order valence-corrected chi connectivity index (χ3v) is 6.77. The van der Waals surface area contributed by atoms with Gasteiger partial charge in [-0.05, 0) is 56.0 Å². The number of hydrogen-bond acceptors (Lipinski definition) is 4. The molecule has 0 heterocycles. The monoisotopic (exact) mass is 449 g/mol. The van der Waals surface area contributed by atoms with Crippen LogP contribution in [0.3, 0.4) is 0 Å². The number of sulfonamides is 1. The van der Waals surface area contributed by atoms with Gasteiger partial charge in [-0.2, -0.15) is 5.10 Å². The smallest absolute Gasteiger partial charge is 0.264 e. The van der Waals surface area contributed by atoms with Crippen LogP contribution in [0.25, 0.3) is 0 Å². The molecule has 0 aliphatic rings. The number of benzene rings is 3. The second-order valence-electron chi connectivity index (χ2n) is 7.48. The highest BCUT2D eigenvalue weighted by Gasteiger charge is 2.28. The average Bonchev–Trinajstić information content (AvgIpc) is 2.81. The van der Waals surface area contributed by atoms with E-state index in [1.54, 1.807) is 30.3 Å². The lowest BCUT2D eigenvalue weighted by atomic mass is 10.1. The molecular weight excluding hydrogens is 422 g/mol. The number of rotatable bonds is 9. The molecule has 0 atom stereocenters. The van der Waals surface area contributed by atoms with E-state index in [-0.39, 0.29) is 11.4 Å². The standard InChI is InChI=1S/C25H27N3O3S/c1-20-11-9-10-16-24(20)28(32(30,31)23-14-7-4-8-15-23)19-25(29)27-26-21(2)17-18-22-12-5-3-6-13-22/h3-16H,17-19H2,1-2H3,(H,27,29)/b26-21-. The number of para-hydroxylation sites is 1. The first-order valence-electron chi connectivity index (χ1n) is 10.4. The van der Waals surface area contributed by atoms with Crippen LogP contribution in [0.4, 0.5) is 5.69 Å². The highest BCUT2D eigenvalue weighted by molar-refractivity contribution is 7.92. The lowest BCUT2D eigenvalue weighted by molar-refractivity contribution is -0.119. The zero-order valence-corrected chi connectivity index (χ0v) is 19.0. The number of carbonyl (C=O) groups excluding carboxylic acids is 1. The molecule has 1 amide bonds. The molecule has 3 aromatic carbocycles. The van der Waals surface area contributed by atoms with Crippen molar-refractivity contribution in [3.8, 4) is 0 Å². The molecule has 1 N–H and O–H groups in total. The average molecular weight is 450 g/mol. The van der Waals surface area contributed by atoms with Gasteiger partial charge >= 0.3 is 0 Å². The van der Waals surface area contributed by atoms with E-state index in [9.17, 15) is 13.2 Å². The van der Waals surface area contributed by atoms with Crippen molar-refractivity contribution >= 4 is 27.3 Å². The number of aryl methyl sites for hydroxylation is 2. The van der Waals surface area contributed by atoms with Gasteiger partial charge in [-0.25, -0.2) is 13.8 Å². The van der Waals surface area contributed by atoms with Crippen LogP contribution in [0.1, 0.15) is 24.5 Å². The van der Waals surface area contributed by atoms with Gasteiger partial charge in [-0.3, -0.25) is 9.10 Å². The molecule has 0 aliphatic carbocycles. The highest BCUT2D eigenvalue weighted by Crippen LogP contribution is 2.26. The SMILES string of the molecule is C/C(CCc1ccccc1)=N/NC(=O)CN(c1ccccc1C)S(=O)(=O)c1ccccc1. The Kier molecular flexibility index (Phi) is 7.78. The Hall–Kier alpha value is -3.45. The van der Waals surface area contributed by atoms with Crippen molar-refractivity contribution in [2.75, 3.05) is 10.8 Å². The van der Waals surface area contributed by atoms with Gasteiger partial charge in [-0.1, -0.05) is 66.7 Å². The topological polar surface area (TPSA) is 78.8 Å². The van der Waals surface area contributed by atoms with Gasteiger partial charge in [-0.15, -0.1) is 0 Å². The molecule has 0 spiro atoms. The number of hydrazone groups is 1. The van der Waals surface area contributed by atoms with E-state index >= 15 is 0 Å². The van der Waals surface area contributed by atoms with Crippen LogP contribution in [0.15, 0.2) is 94.9 Å². The van der Waals surface area contributed by atoms with Gasteiger partial charge in [0.05, 0.1) is 10.6 Å². The van der Waals surface area contributed by atoms with Gasteiger partial charge in [0.25, 0.3) is 15.9 Å². The van der Waals surface area contributed by atoms with Crippen LogP contribution in [-0.2, 0) is 21.2 Å². The summed E-state index contributed by atoms with van der Waals surface area (Å²) in [5.74, 6) is -0.508. The van der Waals surface area contributed by atoms with Crippen LogP contribution in [0.5, 0.6) is 0 Å². The summed E-state index contributed by atoms with van der Waals surface area (Å²) < 4.78 is 27.8. The number of anilines is 1. The molecule has 166 valence electrons. The number of carbonyl (C=O) groups is 1. The summed E-state index contributed by atoms with van der Waals surface area (Å²) in [6.45, 7) is 3.27. The van der Waals surface area contributed by atoms with Crippen molar-refractivity contribution in [3.05, 3.63) is 96.1 Å². The molecule has 0 aliphatic heterocycles. The molecule has 0 aromatic heterocycles. The first-order chi connectivity index (χ1) is 15.4. The molecule has 0 fully saturated rings. The number of nitrogens with one attached hydrogen (secondary N) is 1. The third-order valence-electron chi connectivity index (χ3n) is 4.99. The highest BCUT2D eigenvalue weighted by atomic mass is 32.2. The van der Waals surface area contributed by atoms with Crippen LogP contribution in [0.2, 0.25) is 0 Å². The summed E-state index contributed by atoms with van der Waals surface area (Å²) in [6, 6.07) is 25.2. The largest absolute Gasteiger partial charge is 0.271 e. The van der Waals surface area contributed by atoms with Gasteiger partial charge < -0.3 is 0 Å². The lowest BCUT2D eigenvalue weighted by Gasteiger charge is -2.25. The maximum Gasteiger partial charge on any atom is 0.264 e. The fraction of sp³-hybridized carbons (Fsp3) is 0.200. The van der Waals surface area contributed by atoms with Crippen molar-refractivity contribution in [1.29, 1.82) is 0 Å². The third kappa shape index (κ3) is 6.04. The van der Waals surface area contributed by atoms with Crippen molar-refractivity contribution in [3.63, 3.8) is 0 Å². The molecule has 32 heavy (non-hydrogen) atoms. The molecule has 0 bridgehead atoms. The fourth-order valence-corrected chi connectivity index (χ4v) is 4.72. The van der Waals surface area contributed by atoms with Crippen molar-refractivity contribution in [1.82, 2.24) is 5.43 Å². The molecular formula is C25H27N3O3S. The van der Waals surface area contributed by atoms with E-state index in [2.05, 4.69) is 10.5 Å². The quantitative estimate of drug-likeness (QED) is 0.390. The van der Waals surface area contributed by atoms with E-state index < -0.39 is 15.9 Å². The number of hydrogen-bond donors (Lipinski definition) is 1. The molecule has 0 radical (unpaired) electrons. The molecule has 0 unspecified atom stereocenters. The lowest BCUT2D eigenvalue weighted by Crippen LogP contribution is -2.40. The predicted octanol–water partition coefficient (Wildman–Crippen LogP) is 4.32. The van der Waals surface area contributed by atoms with Crippen LogP contribution in [0, 0.1) is 6.92 Å². The van der Waals surface area contributed by atoms with Crippen LogP contribution in [-0.4, -0.2) is 26.6 Å². The Labute approximate surface area is 189 Å². The van der Waals surface area contributed by atoms with Crippen LogP contribution < -0.4 is 9.73 Å². The normalized spacial score (nSPS) is 11.8. The van der Waals surface area contributed by atoms with E-state index in [4.69, 9.17) is 0 Å². The number of amides is 1. The number of nitrogens with zero attached hydrogens (tertiary/aromatic N) is 2. The molecule has 6 nitrogen and oxygen atoms in total. The van der Waals surface area contributed by atoms with E-state index in [0.717, 1.165) is 22.0 Å². The Bertz CT molecular complexity index is 1180. The maximum atomic E-state index is 13.3. The molecule has 7 heteroatoms. The zero-order valence-electron chi connectivity index (χ0n) is 18.2. The van der Waals surface area contributed by atoms with Crippen LogP contribution >= 0.6 is 0 Å². The Balaban J connectivity index is 1.75. The summed E-state index contributed by atoms with van der Waals surface area (Å²) in [4.78, 5) is 12.8. The Morgan fingerprint density at radius 1 is 0.906 bits per heavy atom. The summed E-state index contributed by atoms with van der Waals surface area (Å²) in [5, 5.41) is 4.16. The Morgan fingerprint density at radius 2 is 1.50 bits per heavy atom. The second kappa shape index (κ2) is 10.7. The summed E-state index contributed by atoms with van der Waals surface area (Å²) in [5.41, 5.74) is 5.66. The first kappa shape index (κ1) is 23.2. The minimum absolute atomic E-state index is 0.124. The van der Waals surface area contributed by atoms with Gasteiger partial charge in [0, 0.05) is 5.71 Å². The minimum Gasteiger partial charge on any atom is -0.271 e. The van der Waals surface area contributed by atoms with Crippen molar-refractivity contribution in [2.45, 2.75) is 31.6 Å². The molecule has 3 aromatic rings. The van der Waals surface area contributed by atoms with E-state index in [0.29, 0.717) is 12.1 Å². The van der Waals surface area contributed by atoms with E-state index in [1.165, 1.54) is 17.7 Å². The summed E-state index contributed by atoms with van der Waals surface area (Å²) in [7, 11) is -3.93. The molecule has 3 rings (SSSR count). The maximum absolute atomic E-state index is 13.3. The minimum atomic E-state index is -3.93. The molecule has 0 saturated carbocycles. The summed E-state index contributed by atoms with van der Waals surface area (Å²) in [6.07, 6.45) is 1.50. The predicted molar refractivity (Wildman–Crippen MR) is 128 cm³/mol.